The van der Waals surface area contributed by atoms with Crippen LogP contribution in [0.3, 0.4) is 0 Å². The summed E-state index contributed by atoms with van der Waals surface area (Å²) in [7, 11) is -1.65. The van der Waals surface area contributed by atoms with Crippen molar-refractivity contribution in [2.24, 2.45) is 0 Å². The minimum Gasteiger partial charge on any atom is -0.353 e. The summed E-state index contributed by atoms with van der Waals surface area (Å²) in [6, 6.07) is 38.0. The van der Waals surface area contributed by atoms with Crippen LogP contribution in [-0.4, -0.2) is 25.5 Å². The van der Waals surface area contributed by atoms with Crippen molar-refractivity contribution in [2.45, 2.75) is 20.8 Å². The van der Waals surface area contributed by atoms with Gasteiger partial charge in [0.15, 0.2) is 0 Å². The second-order valence-corrected chi connectivity index (χ2v) is 13.5. The SMILES string of the molecule is Cc1ccc(NC[P+]2(c3ccccc3)CN(c3ccc(C)cc3)CN(c3ccc(C)cc3)C2)cc1. The smallest absolute Gasteiger partial charge is 0.140 e. The molecule has 4 heteroatoms. The van der Waals surface area contributed by atoms with E-state index in [1.807, 2.05) is 0 Å². The van der Waals surface area contributed by atoms with E-state index < -0.39 is 7.26 Å². The fourth-order valence-electron chi connectivity index (χ4n) is 4.84. The van der Waals surface area contributed by atoms with Crippen molar-refractivity contribution < 1.29 is 0 Å². The predicted molar refractivity (Wildman–Crippen MR) is 155 cm³/mol. The van der Waals surface area contributed by atoms with Gasteiger partial charge in [-0.15, -0.1) is 0 Å². The van der Waals surface area contributed by atoms with E-state index in [1.54, 1.807) is 0 Å². The quantitative estimate of drug-likeness (QED) is 0.294. The molecular weight excluding hydrogens is 445 g/mol. The van der Waals surface area contributed by atoms with Gasteiger partial charge in [0.05, 0.1) is 12.0 Å². The van der Waals surface area contributed by atoms with E-state index in [-0.39, 0.29) is 0 Å². The first-order valence-corrected chi connectivity index (χ1v) is 14.7. The fraction of sp³-hybridized carbons (Fsp3) is 0.226. The second kappa shape index (κ2) is 10.1. The Morgan fingerprint density at radius 1 is 0.600 bits per heavy atom. The Bertz CT molecular complexity index is 1180. The average Bonchev–Trinajstić information content (AvgIpc) is 2.89. The lowest BCUT2D eigenvalue weighted by atomic mass is 10.2. The van der Waals surface area contributed by atoms with Gasteiger partial charge in [0.1, 0.15) is 26.1 Å². The molecule has 178 valence electrons. The lowest BCUT2D eigenvalue weighted by molar-refractivity contribution is 0.790. The number of nitrogens with one attached hydrogen (secondary N) is 1. The molecule has 0 spiro atoms. The second-order valence-electron chi connectivity index (χ2n) is 9.86. The van der Waals surface area contributed by atoms with E-state index in [4.69, 9.17) is 0 Å². The number of nitrogens with zero attached hydrogens (tertiary/aromatic N) is 2. The molecular formula is C31H35N3P+. The Balaban J connectivity index is 1.55. The third-order valence-corrected chi connectivity index (χ3v) is 10.9. The molecule has 1 saturated heterocycles. The lowest BCUT2D eigenvalue weighted by Crippen LogP contribution is -2.50. The van der Waals surface area contributed by atoms with Gasteiger partial charge in [-0.25, -0.2) is 0 Å². The van der Waals surface area contributed by atoms with E-state index in [9.17, 15) is 0 Å². The molecule has 3 nitrogen and oxygen atoms in total. The van der Waals surface area contributed by atoms with E-state index >= 15 is 0 Å². The van der Waals surface area contributed by atoms with Gasteiger partial charge in [-0.1, -0.05) is 71.3 Å². The van der Waals surface area contributed by atoms with Crippen molar-refractivity contribution in [3.8, 4) is 0 Å². The number of benzene rings is 4. The van der Waals surface area contributed by atoms with Crippen LogP contribution in [0.5, 0.6) is 0 Å². The third-order valence-electron chi connectivity index (χ3n) is 6.96. The number of rotatable bonds is 6. The monoisotopic (exact) mass is 480 g/mol. The summed E-state index contributed by atoms with van der Waals surface area (Å²) in [5.41, 5.74) is 7.67. The van der Waals surface area contributed by atoms with Crippen molar-refractivity contribution in [2.75, 3.05) is 40.6 Å². The van der Waals surface area contributed by atoms with Gasteiger partial charge in [0, 0.05) is 17.1 Å². The Labute approximate surface area is 210 Å². The number of hydrogen-bond acceptors (Lipinski definition) is 3. The first-order valence-electron chi connectivity index (χ1n) is 12.4. The van der Waals surface area contributed by atoms with Crippen LogP contribution in [0, 0.1) is 20.8 Å². The maximum Gasteiger partial charge on any atom is 0.140 e. The predicted octanol–water partition coefficient (Wildman–Crippen LogP) is 7.22. The number of aryl methyl sites for hydroxylation is 3. The van der Waals surface area contributed by atoms with Gasteiger partial charge in [0.25, 0.3) is 0 Å². The van der Waals surface area contributed by atoms with Crippen molar-refractivity contribution in [1.82, 2.24) is 0 Å². The zero-order chi connectivity index (χ0) is 24.3. The minimum atomic E-state index is -1.65. The molecule has 0 amide bonds. The molecule has 1 N–H and O–H groups in total. The standard InChI is InChI=1S/C31H35N3P/c1-25-9-15-28(16-10-25)32-21-35(31-7-5-4-6-8-31)23-33(29-17-11-26(2)12-18-29)22-34(24-35)30-19-13-27(3)14-20-30/h4-20,32H,21-24H2,1-3H3/q+1. The largest absolute Gasteiger partial charge is 0.353 e. The molecule has 4 aromatic rings. The van der Waals surface area contributed by atoms with E-state index in [2.05, 4.69) is 139 Å². The molecule has 0 unspecified atom stereocenters. The summed E-state index contributed by atoms with van der Waals surface area (Å²) < 4.78 is 0. The maximum atomic E-state index is 3.84. The van der Waals surface area contributed by atoms with Crippen LogP contribution < -0.4 is 20.4 Å². The lowest BCUT2D eigenvalue weighted by Gasteiger charge is -2.45. The van der Waals surface area contributed by atoms with Gasteiger partial charge < -0.3 is 15.1 Å². The van der Waals surface area contributed by atoms with Crippen LogP contribution in [0.15, 0.2) is 103 Å². The van der Waals surface area contributed by atoms with Gasteiger partial charge in [-0.05, 0) is 69.3 Å². The van der Waals surface area contributed by atoms with Gasteiger partial charge >= 0.3 is 0 Å². The first-order chi connectivity index (χ1) is 17.0. The summed E-state index contributed by atoms with van der Waals surface area (Å²) in [6.45, 7) is 7.35. The minimum absolute atomic E-state index is 0.894. The Kier molecular flexibility index (Phi) is 6.79. The molecule has 0 atom stereocenters. The molecule has 0 bridgehead atoms. The normalized spacial score (nSPS) is 15.2. The van der Waals surface area contributed by atoms with E-state index in [1.165, 1.54) is 39.1 Å². The molecule has 1 fully saturated rings. The molecule has 0 radical (unpaired) electrons. The fourth-order valence-corrected chi connectivity index (χ4v) is 8.75. The molecule has 0 saturated carbocycles. The summed E-state index contributed by atoms with van der Waals surface area (Å²) in [5, 5.41) is 5.32. The van der Waals surface area contributed by atoms with Crippen LogP contribution in [-0.2, 0) is 0 Å². The summed E-state index contributed by atoms with van der Waals surface area (Å²) in [5.74, 6) is 0. The number of hydrogen-bond donors (Lipinski definition) is 1. The van der Waals surface area contributed by atoms with Gasteiger partial charge in [0.2, 0.25) is 0 Å². The average molecular weight is 481 g/mol. The highest BCUT2D eigenvalue weighted by Crippen LogP contribution is 2.60. The molecule has 0 aromatic heterocycles. The zero-order valence-electron chi connectivity index (χ0n) is 21.0. The first kappa shape index (κ1) is 23.5. The topological polar surface area (TPSA) is 18.5 Å². The zero-order valence-corrected chi connectivity index (χ0v) is 21.9. The van der Waals surface area contributed by atoms with Crippen LogP contribution in [0.25, 0.3) is 0 Å². The highest BCUT2D eigenvalue weighted by Gasteiger charge is 2.47. The van der Waals surface area contributed by atoms with Crippen LogP contribution in [0.2, 0.25) is 0 Å². The third kappa shape index (κ3) is 5.36. The maximum absolute atomic E-state index is 3.84. The summed E-state index contributed by atoms with van der Waals surface area (Å²) >= 11 is 0. The molecule has 5 rings (SSSR count). The van der Waals surface area contributed by atoms with Crippen LogP contribution >= 0.6 is 7.26 Å². The van der Waals surface area contributed by atoms with Crippen molar-refractivity contribution in [3.05, 3.63) is 120 Å². The summed E-state index contributed by atoms with van der Waals surface area (Å²) in [6.07, 6.45) is 3.08. The van der Waals surface area contributed by atoms with Gasteiger partial charge in [-0.2, -0.15) is 0 Å². The van der Waals surface area contributed by atoms with Crippen molar-refractivity contribution >= 4 is 29.6 Å². The highest BCUT2D eigenvalue weighted by atomic mass is 31.2. The Hall–Kier alpha value is -3.29. The molecule has 1 aliphatic rings. The van der Waals surface area contributed by atoms with E-state index in [0.29, 0.717) is 0 Å². The molecule has 1 aliphatic heterocycles. The van der Waals surface area contributed by atoms with Crippen LogP contribution in [0.1, 0.15) is 16.7 Å². The van der Waals surface area contributed by atoms with Crippen molar-refractivity contribution in [3.63, 3.8) is 0 Å². The highest BCUT2D eigenvalue weighted by molar-refractivity contribution is 7.83. The van der Waals surface area contributed by atoms with E-state index in [0.717, 1.165) is 25.5 Å². The Morgan fingerprint density at radius 2 is 1.06 bits per heavy atom. The van der Waals surface area contributed by atoms with Crippen LogP contribution in [0.4, 0.5) is 17.1 Å². The molecule has 0 aliphatic carbocycles. The molecule has 1 heterocycles. The molecule has 4 aromatic carbocycles. The molecule has 35 heavy (non-hydrogen) atoms. The van der Waals surface area contributed by atoms with Gasteiger partial charge in [-0.3, -0.25) is 0 Å². The number of anilines is 3. The summed E-state index contributed by atoms with van der Waals surface area (Å²) in [4.78, 5) is 5.17. The van der Waals surface area contributed by atoms with Crippen molar-refractivity contribution in [1.29, 1.82) is 0 Å². The Morgan fingerprint density at radius 3 is 1.54 bits per heavy atom.